The number of hydrogen-bond donors (Lipinski definition) is 1. The van der Waals surface area contributed by atoms with Gasteiger partial charge in [0.1, 0.15) is 29.6 Å². The van der Waals surface area contributed by atoms with E-state index in [1.165, 1.54) is 0 Å². The second-order valence-electron chi connectivity index (χ2n) is 13.6. The number of imide groups is 2. The number of carbonyl (C=O) groups excluding carboxylic acids is 5. The summed E-state index contributed by atoms with van der Waals surface area (Å²) < 4.78 is 29.1. The summed E-state index contributed by atoms with van der Waals surface area (Å²) in [5.74, 6) is 1.31. The first-order valence-electron chi connectivity index (χ1n) is 18.8. The Balaban J connectivity index is 0.868. The van der Waals surface area contributed by atoms with Crippen LogP contribution in [-0.4, -0.2) is 70.7 Å². The van der Waals surface area contributed by atoms with Gasteiger partial charge in [0.05, 0.1) is 29.8 Å². The van der Waals surface area contributed by atoms with Gasteiger partial charge >= 0.3 is 5.97 Å². The third-order valence-corrected chi connectivity index (χ3v) is 11.6. The second kappa shape index (κ2) is 19.5. The second-order valence-corrected chi connectivity index (χ2v) is 15.9. The molecule has 1 N–H and O–H groups in total. The first-order valence-corrected chi connectivity index (χ1v) is 20.6. The van der Waals surface area contributed by atoms with E-state index in [4.69, 9.17) is 23.7 Å². The topological polar surface area (TPSA) is 147 Å². The summed E-state index contributed by atoms with van der Waals surface area (Å²) in [6, 6.07) is 38.1. The zero-order valence-electron chi connectivity index (χ0n) is 31.9. The molecule has 0 aliphatic carbocycles. The molecule has 2 unspecified atom stereocenters. The van der Waals surface area contributed by atoms with Gasteiger partial charge in [-0.2, -0.15) is 0 Å². The maximum atomic E-state index is 13.3. The molecule has 3 atom stereocenters. The molecule has 0 aromatic heterocycles. The molecule has 0 bridgehead atoms. The van der Waals surface area contributed by atoms with Crippen molar-refractivity contribution < 1.29 is 47.7 Å². The van der Waals surface area contributed by atoms with E-state index in [-0.39, 0.29) is 35.6 Å². The normalized spacial score (nSPS) is 16.7. The zero-order valence-corrected chi connectivity index (χ0v) is 33.6. The van der Waals surface area contributed by atoms with Crippen LogP contribution in [-0.2, 0) is 33.6 Å². The third kappa shape index (κ3) is 11.0. The monoisotopic (exact) mass is 832 g/mol. The number of esters is 1. The summed E-state index contributed by atoms with van der Waals surface area (Å²) >= 11 is 1.98. The van der Waals surface area contributed by atoms with Gasteiger partial charge in [-0.15, -0.1) is 0 Å². The van der Waals surface area contributed by atoms with Gasteiger partial charge < -0.3 is 23.7 Å². The fourth-order valence-corrected chi connectivity index (χ4v) is 8.22. The molecule has 7 rings (SSSR count). The van der Waals surface area contributed by atoms with E-state index in [1.807, 2.05) is 78.9 Å². The van der Waals surface area contributed by atoms with E-state index < -0.39 is 22.6 Å². The molecule has 0 saturated carbocycles. The molecule has 4 amide bonds. The molecule has 5 aromatic carbocycles. The summed E-state index contributed by atoms with van der Waals surface area (Å²) in [6.07, 6.45) is 0.669. The summed E-state index contributed by atoms with van der Waals surface area (Å²) in [5.41, 5.74) is 3.87. The van der Waals surface area contributed by atoms with Crippen molar-refractivity contribution in [3.8, 4) is 23.0 Å². The van der Waals surface area contributed by atoms with Gasteiger partial charge in [-0.25, -0.2) is 9.69 Å². The Labute approximate surface area is 349 Å². The fourth-order valence-electron chi connectivity index (χ4n) is 6.34. The number of methoxy groups -OCH3 is 1. The highest BCUT2D eigenvalue weighted by Crippen LogP contribution is 2.31. The summed E-state index contributed by atoms with van der Waals surface area (Å²) in [6.45, 7) is 0.242. The minimum Gasteiger partial charge on any atom is -0.497 e. The highest BCUT2D eigenvalue weighted by atomic mass is 32.2. The van der Waals surface area contributed by atoms with Crippen molar-refractivity contribution >= 4 is 51.8 Å². The molecule has 0 radical (unpaired) electrons. The van der Waals surface area contributed by atoms with Crippen LogP contribution in [0.4, 0.5) is 9.59 Å². The van der Waals surface area contributed by atoms with Crippen molar-refractivity contribution in [2.75, 3.05) is 27.1 Å². The molecule has 302 valence electrons. The van der Waals surface area contributed by atoms with Crippen LogP contribution in [0.2, 0.25) is 0 Å². The number of amides is 4. The Kier molecular flexibility index (Phi) is 13.5. The summed E-state index contributed by atoms with van der Waals surface area (Å²) in [4.78, 5) is 63.5. The van der Waals surface area contributed by atoms with Crippen molar-refractivity contribution in [3.63, 3.8) is 0 Å². The Bertz CT molecular complexity index is 2290. The van der Waals surface area contributed by atoms with Gasteiger partial charge in [0, 0.05) is 6.42 Å². The lowest BCUT2D eigenvalue weighted by atomic mass is 10.1. The van der Waals surface area contributed by atoms with Gasteiger partial charge in [-0.05, 0) is 95.8 Å². The van der Waals surface area contributed by atoms with Crippen LogP contribution in [0.5, 0.6) is 23.0 Å². The lowest BCUT2D eigenvalue weighted by Gasteiger charge is -2.20. The van der Waals surface area contributed by atoms with Crippen molar-refractivity contribution in [1.82, 2.24) is 10.2 Å². The van der Waals surface area contributed by atoms with E-state index in [0.717, 1.165) is 45.1 Å². The molecule has 5 aromatic rings. The van der Waals surface area contributed by atoms with Crippen LogP contribution in [0.3, 0.4) is 0 Å². The Morgan fingerprint density at radius 3 is 2.05 bits per heavy atom. The lowest BCUT2D eigenvalue weighted by Crippen LogP contribution is -2.35. The largest absolute Gasteiger partial charge is 0.497 e. The van der Waals surface area contributed by atoms with Gasteiger partial charge in [0.25, 0.3) is 10.5 Å². The van der Waals surface area contributed by atoms with Crippen LogP contribution in [0, 0.1) is 0 Å². The fraction of sp³-hybridized carbons (Fsp3) is 0.222. The molecule has 0 spiro atoms. The first-order chi connectivity index (χ1) is 28.7. The van der Waals surface area contributed by atoms with Crippen LogP contribution in [0.1, 0.15) is 38.7 Å². The van der Waals surface area contributed by atoms with Crippen LogP contribution < -0.4 is 24.3 Å². The Morgan fingerprint density at radius 1 is 0.678 bits per heavy atom. The highest BCUT2D eigenvalue weighted by molar-refractivity contribution is 8.15. The van der Waals surface area contributed by atoms with Crippen LogP contribution >= 0.6 is 23.5 Å². The number of benzene rings is 5. The first kappa shape index (κ1) is 40.9. The number of hydrogen-bond acceptors (Lipinski definition) is 12. The summed E-state index contributed by atoms with van der Waals surface area (Å²) in [5, 5.41) is 0.593. The number of nitrogens with one attached hydrogen (secondary N) is 1. The summed E-state index contributed by atoms with van der Waals surface area (Å²) in [7, 11) is 1.57. The molecular formula is C45H40N2O10S2. The number of carbonyl (C=O) groups is 5. The van der Waals surface area contributed by atoms with Crippen LogP contribution in [0.15, 0.2) is 127 Å². The minimum atomic E-state index is -0.717. The van der Waals surface area contributed by atoms with Crippen molar-refractivity contribution in [2.45, 2.75) is 35.9 Å². The maximum absolute atomic E-state index is 13.3. The molecule has 2 fully saturated rings. The number of ether oxygens (including phenoxy) is 5. The van der Waals surface area contributed by atoms with E-state index in [2.05, 4.69) is 5.32 Å². The molecule has 12 nitrogen and oxygen atoms in total. The average Bonchev–Trinajstić information content (AvgIpc) is 3.72. The predicted octanol–water partition coefficient (Wildman–Crippen LogP) is 7.83. The SMILES string of the molecule is COc1cccc([C@@H](COc2ccc(CC3SC(=O)N(COc4cccc(CCOc5ccc(CC6SC(=O)NC6=O)cc5)c4)C3=O)cc2)OC(=O)c2ccccc2)c1. The maximum Gasteiger partial charge on any atom is 0.338 e. The molecule has 2 aliphatic rings. The number of rotatable bonds is 18. The lowest BCUT2D eigenvalue weighted by molar-refractivity contribution is -0.128. The average molecular weight is 833 g/mol. The predicted molar refractivity (Wildman–Crippen MR) is 223 cm³/mol. The van der Waals surface area contributed by atoms with Crippen molar-refractivity contribution in [1.29, 1.82) is 0 Å². The Morgan fingerprint density at radius 2 is 1.36 bits per heavy atom. The quantitative estimate of drug-likeness (QED) is 0.0859. The van der Waals surface area contributed by atoms with E-state index >= 15 is 0 Å². The molecule has 2 aliphatic heterocycles. The Hall–Kier alpha value is -6.25. The minimum absolute atomic E-state index is 0.0481. The van der Waals surface area contributed by atoms with Gasteiger partial charge in [-0.1, -0.05) is 90.3 Å². The number of thioether (sulfide) groups is 2. The zero-order chi connectivity index (χ0) is 41.1. The molecule has 59 heavy (non-hydrogen) atoms. The molecule has 2 saturated heterocycles. The standard InChI is InChI=1S/C45H40N2O10S2/c1-53-36-11-6-10-33(26-36)38(57-43(50)32-8-3-2-4-9-32)27-55-35-19-15-31(16-20-35)25-40-42(49)47(45(52)59-40)28-56-37-12-5-7-29(23-37)21-22-54-34-17-13-30(14-18-34)24-39-41(48)46-44(51)58-39/h2-20,23,26,38-40H,21-22,24-25,27-28H2,1H3,(H,46,48,51)/t38-,39?,40?/m1/s1. The van der Waals surface area contributed by atoms with Gasteiger partial charge in [0.2, 0.25) is 11.8 Å². The molecular weight excluding hydrogens is 793 g/mol. The van der Waals surface area contributed by atoms with Crippen molar-refractivity contribution in [2.24, 2.45) is 0 Å². The van der Waals surface area contributed by atoms with Gasteiger partial charge in [0.15, 0.2) is 12.8 Å². The van der Waals surface area contributed by atoms with E-state index in [0.29, 0.717) is 60.0 Å². The highest BCUT2D eigenvalue weighted by Gasteiger charge is 2.40. The van der Waals surface area contributed by atoms with Gasteiger partial charge in [-0.3, -0.25) is 24.5 Å². The molecule has 14 heteroatoms. The smallest absolute Gasteiger partial charge is 0.338 e. The van der Waals surface area contributed by atoms with Crippen molar-refractivity contribution in [3.05, 3.63) is 155 Å². The van der Waals surface area contributed by atoms with E-state index in [9.17, 15) is 24.0 Å². The molecule has 2 heterocycles. The van der Waals surface area contributed by atoms with Crippen LogP contribution in [0.25, 0.3) is 0 Å². The third-order valence-electron chi connectivity index (χ3n) is 9.50. The van der Waals surface area contributed by atoms with E-state index in [1.54, 1.807) is 55.6 Å². The number of nitrogens with zero attached hydrogens (tertiary/aromatic N) is 1.